The van der Waals surface area contributed by atoms with Crippen molar-refractivity contribution in [3.8, 4) is 28.0 Å². The molecular formula is C35H42F4O2. The summed E-state index contributed by atoms with van der Waals surface area (Å²) in [5, 5.41) is 0. The van der Waals surface area contributed by atoms with E-state index in [0.717, 1.165) is 44.9 Å². The number of ether oxygens (including phenoxy) is 2. The largest absolute Gasteiger partial charge is 0.490 e. The van der Waals surface area contributed by atoms with Crippen molar-refractivity contribution in [3.63, 3.8) is 0 Å². The molecule has 0 bridgehead atoms. The first-order valence-electron chi connectivity index (χ1n) is 15.3. The second-order valence-electron chi connectivity index (χ2n) is 11.1. The fourth-order valence-electron chi connectivity index (χ4n) is 5.59. The smallest absolute Gasteiger partial charge is 0.201 e. The van der Waals surface area contributed by atoms with Gasteiger partial charge in [0, 0.05) is 17.0 Å². The third kappa shape index (κ3) is 7.91. The van der Waals surface area contributed by atoms with Crippen LogP contribution < -0.4 is 4.74 Å². The van der Waals surface area contributed by atoms with Gasteiger partial charge in [-0.15, -0.1) is 0 Å². The molecule has 3 aromatic rings. The topological polar surface area (TPSA) is 18.5 Å². The van der Waals surface area contributed by atoms with Crippen molar-refractivity contribution in [3.05, 3.63) is 77.4 Å². The van der Waals surface area contributed by atoms with Crippen LogP contribution in [0, 0.1) is 23.3 Å². The minimum Gasteiger partial charge on any atom is -0.490 e. The van der Waals surface area contributed by atoms with Crippen LogP contribution >= 0.6 is 0 Å². The molecule has 0 amide bonds. The maximum atomic E-state index is 15.2. The van der Waals surface area contributed by atoms with E-state index in [1.165, 1.54) is 37.8 Å². The number of halogens is 4. The van der Waals surface area contributed by atoms with Gasteiger partial charge in [-0.3, -0.25) is 0 Å². The molecule has 1 saturated heterocycles. The third-order valence-electron chi connectivity index (χ3n) is 8.11. The Labute approximate surface area is 242 Å². The van der Waals surface area contributed by atoms with Crippen molar-refractivity contribution >= 4 is 0 Å². The number of rotatable bonds is 14. The van der Waals surface area contributed by atoms with E-state index in [1.54, 1.807) is 36.4 Å². The first-order chi connectivity index (χ1) is 19.9. The molecule has 4 rings (SSSR count). The Morgan fingerprint density at radius 3 is 1.90 bits per heavy atom. The number of hydrogen-bond donors (Lipinski definition) is 0. The zero-order valence-electron chi connectivity index (χ0n) is 24.3. The van der Waals surface area contributed by atoms with E-state index in [1.807, 2.05) is 0 Å². The van der Waals surface area contributed by atoms with Crippen molar-refractivity contribution < 1.29 is 27.0 Å². The van der Waals surface area contributed by atoms with Crippen LogP contribution in [0.4, 0.5) is 17.6 Å². The summed E-state index contributed by atoms with van der Waals surface area (Å²) in [5.41, 5.74) is 1.44. The molecule has 1 aliphatic rings. The molecule has 2 atom stereocenters. The zero-order chi connectivity index (χ0) is 29.2. The van der Waals surface area contributed by atoms with Gasteiger partial charge in [0.25, 0.3) is 0 Å². The molecule has 2 unspecified atom stereocenters. The van der Waals surface area contributed by atoms with Crippen LogP contribution in [0.15, 0.2) is 48.5 Å². The van der Waals surface area contributed by atoms with Gasteiger partial charge in [-0.1, -0.05) is 95.2 Å². The molecule has 0 saturated carbocycles. The summed E-state index contributed by atoms with van der Waals surface area (Å²) in [4.78, 5) is 0. The standard InChI is InChI=1S/C35H42F4O2/c1-3-5-7-8-9-11-27-17-16-26(23-41-27)30-19-18-28(32(36)33(30)37)24-12-14-25(15-13-24)29-20-21-31(35(39)34(29)38)40-22-10-6-4-2/h12-15,18-21,26-27H,3-11,16-17,22-23H2,1-2H3. The van der Waals surface area contributed by atoms with Crippen molar-refractivity contribution in [1.82, 2.24) is 0 Å². The van der Waals surface area contributed by atoms with E-state index in [4.69, 9.17) is 9.47 Å². The van der Waals surface area contributed by atoms with Gasteiger partial charge in [0.05, 0.1) is 19.3 Å². The predicted octanol–water partition coefficient (Wildman–Crippen LogP) is 10.8. The summed E-state index contributed by atoms with van der Waals surface area (Å²) in [6.07, 6.45) is 11.7. The molecule has 1 aliphatic heterocycles. The lowest BCUT2D eigenvalue weighted by molar-refractivity contribution is -0.00283. The van der Waals surface area contributed by atoms with E-state index in [2.05, 4.69) is 13.8 Å². The van der Waals surface area contributed by atoms with Gasteiger partial charge in [0.2, 0.25) is 5.82 Å². The highest BCUT2D eigenvalue weighted by Crippen LogP contribution is 2.36. The summed E-state index contributed by atoms with van der Waals surface area (Å²) in [6.45, 7) is 4.98. The number of benzene rings is 3. The van der Waals surface area contributed by atoms with Gasteiger partial charge in [-0.05, 0) is 54.5 Å². The molecule has 0 aromatic heterocycles. The lowest BCUT2D eigenvalue weighted by atomic mass is 9.88. The fourth-order valence-corrected chi connectivity index (χ4v) is 5.59. The first kappa shape index (κ1) is 31.1. The molecule has 1 fully saturated rings. The minimum absolute atomic E-state index is 0.0773. The van der Waals surface area contributed by atoms with Crippen LogP contribution in [0.25, 0.3) is 22.3 Å². The molecule has 41 heavy (non-hydrogen) atoms. The molecule has 6 heteroatoms. The van der Waals surface area contributed by atoms with Crippen LogP contribution in [0.5, 0.6) is 5.75 Å². The number of hydrogen-bond acceptors (Lipinski definition) is 2. The van der Waals surface area contributed by atoms with E-state index < -0.39 is 23.3 Å². The van der Waals surface area contributed by atoms with Crippen molar-refractivity contribution in [2.75, 3.05) is 13.2 Å². The average Bonchev–Trinajstić information content (AvgIpc) is 2.99. The first-order valence-corrected chi connectivity index (χ1v) is 15.3. The summed E-state index contributed by atoms with van der Waals surface area (Å²) in [7, 11) is 0. The fraction of sp³-hybridized carbons (Fsp3) is 0.486. The Kier molecular flexibility index (Phi) is 11.7. The molecule has 1 heterocycles. The van der Waals surface area contributed by atoms with E-state index >= 15 is 8.78 Å². The van der Waals surface area contributed by atoms with Crippen LogP contribution in [-0.4, -0.2) is 19.3 Å². The Hall–Kier alpha value is -2.86. The zero-order valence-corrected chi connectivity index (χ0v) is 24.3. The summed E-state index contributed by atoms with van der Waals surface area (Å²) in [6, 6.07) is 12.5. The van der Waals surface area contributed by atoms with Gasteiger partial charge < -0.3 is 9.47 Å². The number of unbranched alkanes of at least 4 members (excludes halogenated alkanes) is 6. The monoisotopic (exact) mass is 570 g/mol. The molecule has 3 aromatic carbocycles. The minimum atomic E-state index is -1.03. The third-order valence-corrected chi connectivity index (χ3v) is 8.11. The molecular weight excluding hydrogens is 528 g/mol. The van der Waals surface area contributed by atoms with E-state index in [-0.39, 0.29) is 28.9 Å². The predicted molar refractivity (Wildman–Crippen MR) is 157 cm³/mol. The maximum Gasteiger partial charge on any atom is 0.201 e. The molecule has 0 N–H and O–H groups in total. The highest BCUT2D eigenvalue weighted by atomic mass is 19.2. The van der Waals surface area contributed by atoms with Crippen LogP contribution in [0.2, 0.25) is 0 Å². The summed E-state index contributed by atoms with van der Waals surface area (Å²) in [5.74, 6) is -4.07. The van der Waals surface area contributed by atoms with Gasteiger partial charge in [-0.2, -0.15) is 4.39 Å². The SMILES string of the molecule is CCCCCCCC1CCC(c2ccc(-c3ccc(-c4ccc(OCCCCC)c(F)c4F)cc3)c(F)c2F)CO1. The van der Waals surface area contributed by atoms with Crippen LogP contribution in [0.1, 0.15) is 96.0 Å². The Morgan fingerprint density at radius 1 is 0.659 bits per heavy atom. The van der Waals surface area contributed by atoms with Crippen LogP contribution in [0.3, 0.4) is 0 Å². The molecule has 0 radical (unpaired) electrons. The highest BCUT2D eigenvalue weighted by Gasteiger charge is 2.27. The maximum absolute atomic E-state index is 15.2. The molecule has 2 nitrogen and oxygen atoms in total. The van der Waals surface area contributed by atoms with Crippen molar-refractivity contribution in [2.24, 2.45) is 0 Å². The van der Waals surface area contributed by atoms with Crippen LogP contribution in [-0.2, 0) is 4.74 Å². The van der Waals surface area contributed by atoms with Crippen molar-refractivity contribution in [2.45, 2.75) is 96.5 Å². The van der Waals surface area contributed by atoms with E-state index in [0.29, 0.717) is 29.9 Å². The second-order valence-corrected chi connectivity index (χ2v) is 11.1. The van der Waals surface area contributed by atoms with Gasteiger partial charge in [0.1, 0.15) is 0 Å². The Morgan fingerprint density at radius 2 is 1.27 bits per heavy atom. The molecule has 0 spiro atoms. The summed E-state index contributed by atoms with van der Waals surface area (Å²) >= 11 is 0. The second kappa shape index (κ2) is 15.4. The quantitative estimate of drug-likeness (QED) is 0.142. The normalized spacial score (nSPS) is 17.1. The lowest BCUT2D eigenvalue weighted by Crippen LogP contribution is -2.25. The lowest BCUT2D eigenvalue weighted by Gasteiger charge is -2.30. The average molecular weight is 571 g/mol. The van der Waals surface area contributed by atoms with E-state index in [9.17, 15) is 8.78 Å². The van der Waals surface area contributed by atoms with Gasteiger partial charge >= 0.3 is 0 Å². The molecule has 222 valence electrons. The van der Waals surface area contributed by atoms with Gasteiger partial charge in [0.15, 0.2) is 23.2 Å². The highest BCUT2D eigenvalue weighted by molar-refractivity contribution is 5.72. The Bertz CT molecular complexity index is 1250. The molecule has 0 aliphatic carbocycles. The van der Waals surface area contributed by atoms with Gasteiger partial charge in [-0.25, -0.2) is 13.2 Å². The Balaban J connectivity index is 1.40. The summed E-state index contributed by atoms with van der Waals surface area (Å²) < 4.78 is 71.3. The van der Waals surface area contributed by atoms with Crippen molar-refractivity contribution in [1.29, 1.82) is 0 Å².